The van der Waals surface area contributed by atoms with Gasteiger partial charge in [-0.3, -0.25) is 0 Å². The molecule has 0 heterocycles. The van der Waals surface area contributed by atoms with Crippen molar-refractivity contribution >= 4 is 10.8 Å². The molecule has 0 radical (unpaired) electrons. The summed E-state index contributed by atoms with van der Waals surface area (Å²) >= 11 is 0. The first-order valence-electron chi connectivity index (χ1n) is 12.0. The van der Waals surface area contributed by atoms with E-state index in [-0.39, 0.29) is 22.3 Å². The zero-order valence-electron chi connectivity index (χ0n) is 20.1. The number of hydrogen-bond donors (Lipinski definition) is 0. The molecule has 1 aliphatic rings. The molecule has 0 bridgehead atoms. The van der Waals surface area contributed by atoms with Crippen LogP contribution in [0.1, 0.15) is 72.1 Å². The van der Waals surface area contributed by atoms with Gasteiger partial charge in [0.15, 0.2) is 17.5 Å². The average Bonchev–Trinajstić information content (AvgIpc) is 2.76. The summed E-state index contributed by atoms with van der Waals surface area (Å²) in [6, 6.07) is 9.35. The standard InChI is InChI=1S/C27H24F4/c1-2-3-17-4-8-19(9-5-17)21-12-11-20(24(28)15-21)10-6-18-7-13-23-22(14-18)16-25(29)27(31)26(23)30/h7,11-17,19H,2-5,8-9H2,1H3/i8D,9D2. The van der Waals surface area contributed by atoms with E-state index in [4.69, 9.17) is 4.11 Å². The van der Waals surface area contributed by atoms with E-state index in [2.05, 4.69) is 11.8 Å². The van der Waals surface area contributed by atoms with Crippen molar-refractivity contribution in [3.8, 4) is 11.8 Å². The third-order valence-corrected chi connectivity index (χ3v) is 5.69. The second kappa shape index (κ2) is 9.14. The van der Waals surface area contributed by atoms with E-state index in [1.807, 2.05) is 6.92 Å². The normalized spacial score (nSPS) is 24.0. The molecule has 4 heteroatoms. The number of hydrogen-bond acceptors (Lipinski definition) is 0. The molecule has 0 amide bonds. The van der Waals surface area contributed by atoms with Crippen molar-refractivity contribution in [2.45, 2.75) is 51.3 Å². The molecule has 0 saturated heterocycles. The monoisotopic (exact) mass is 427 g/mol. The summed E-state index contributed by atoms with van der Waals surface area (Å²) in [4.78, 5) is 0. The van der Waals surface area contributed by atoms with Crippen LogP contribution >= 0.6 is 0 Å². The van der Waals surface area contributed by atoms with Crippen LogP contribution in [0, 0.1) is 41.0 Å². The fourth-order valence-corrected chi connectivity index (χ4v) is 4.02. The van der Waals surface area contributed by atoms with E-state index < -0.39 is 42.0 Å². The Balaban J connectivity index is 1.60. The van der Waals surface area contributed by atoms with Crippen LogP contribution in [-0.4, -0.2) is 0 Å². The molecule has 3 aromatic rings. The Bertz CT molecular complexity index is 1290. The van der Waals surface area contributed by atoms with E-state index in [1.54, 1.807) is 6.07 Å². The molecule has 3 atom stereocenters. The topological polar surface area (TPSA) is 0 Å². The largest absolute Gasteiger partial charge is 0.206 e. The Labute approximate surface area is 184 Å². The highest BCUT2D eigenvalue weighted by Crippen LogP contribution is 2.37. The van der Waals surface area contributed by atoms with Gasteiger partial charge in [-0.25, -0.2) is 17.6 Å². The lowest BCUT2D eigenvalue weighted by atomic mass is 9.77. The summed E-state index contributed by atoms with van der Waals surface area (Å²) in [6.45, 7) is 2.05. The first-order valence-corrected chi connectivity index (χ1v) is 10.4. The van der Waals surface area contributed by atoms with Crippen LogP contribution in [0.15, 0.2) is 42.5 Å². The maximum atomic E-state index is 14.9. The highest BCUT2D eigenvalue weighted by atomic mass is 19.2. The van der Waals surface area contributed by atoms with Gasteiger partial charge in [0.1, 0.15) is 5.82 Å². The highest BCUT2D eigenvalue weighted by molar-refractivity contribution is 5.84. The third-order valence-electron chi connectivity index (χ3n) is 5.69. The fourth-order valence-electron chi connectivity index (χ4n) is 4.02. The first kappa shape index (κ1) is 17.8. The van der Waals surface area contributed by atoms with Gasteiger partial charge in [-0.2, -0.15) is 0 Å². The van der Waals surface area contributed by atoms with Gasteiger partial charge >= 0.3 is 0 Å². The SMILES string of the molecule is [2H]C1CC(CCC)CC([2H])([2H])C1c1ccc(C#Cc2ccc3c(F)c(F)c(F)cc3c2)c(F)c1. The number of rotatable bonds is 3. The number of halogens is 4. The highest BCUT2D eigenvalue weighted by Gasteiger charge is 2.22. The molecule has 3 aromatic carbocycles. The van der Waals surface area contributed by atoms with Gasteiger partial charge in [0.05, 0.1) is 5.56 Å². The molecule has 0 nitrogen and oxygen atoms in total. The molecule has 160 valence electrons. The van der Waals surface area contributed by atoms with Crippen LogP contribution in [-0.2, 0) is 0 Å². The van der Waals surface area contributed by atoms with Gasteiger partial charge in [0.25, 0.3) is 0 Å². The van der Waals surface area contributed by atoms with Gasteiger partial charge in [-0.05, 0) is 78.7 Å². The van der Waals surface area contributed by atoms with Crippen LogP contribution in [0.2, 0.25) is 0 Å². The maximum absolute atomic E-state index is 14.9. The lowest BCUT2D eigenvalue weighted by Crippen LogP contribution is -2.13. The zero-order chi connectivity index (χ0) is 24.6. The molecule has 1 fully saturated rings. The van der Waals surface area contributed by atoms with E-state index in [0.717, 1.165) is 18.9 Å². The van der Waals surface area contributed by atoms with E-state index in [1.165, 1.54) is 30.3 Å². The Morgan fingerprint density at radius 3 is 2.52 bits per heavy atom. The summed E-state index contributed by atoms with van der Waals surface area (Å²) in [5.74, 6) is 0.160. The van der Waals surface area contributed by atoms with E-state index >= 15 is 0 Å². The minimum Gasteiger partial charge on any atom is -0.206 e. The lowest BCUT2D eigenvalue weighted by Gasteiger charge is -2.28. The maximum Gasteiger partial charge on any atom is 0.195 e. The van der Waals surface area contributed by atoms with Crippen molar-refractivity contribution in [2.24, 2.45) is 5.92 Å². The van der Waals surface area contributed by atoms with Crippen LogP contribution in [0.25, 0.3) is 10.8 Å². The minimum atomic E-state index is -1.60. The Morgan fingerprint density at radius 1 is 0.935 bits per heavy atom. The molecular formula is C27H24F4. The molecule has 4 rings (SSSR count). The molecular weight excluding hydrogens is 400 g/mol. The van der Waals surface area contributed by atoms with Crippen molar-refractivity contribution in [1.29, 1.82) is 0 Å². The third kappa shape index (κ3) is 4.61. The minimum absolute atomic E-state index is 0.0761. The van der Waals surface area contributed by atoms with Crippen molar-refractivity contribution in [2.75, 3.05) is 0 Å². The van der Waals surface area contributed by atoms with Crippen molar-refractivity contribution in [3.63, 3.8) is 0 Å². The van der Waals surface area contributed by atoms with Crippen LogP contribution in [0.5, 0.6) is 0 Å². The molecule has 31 heavy (non-hydrogen) atoms. The quantitative estimate of drug-likeness (QED) is 0.227. The fraction of sp³-hybridized carbons (Fsp3) is 0.333. The molecule has 1 saturated carbocycles. The van der Waals surface area contributed by atoms with Gasteiger partial charge in [-0.15, -0.1) is 0 Å². The Kier molecular flexibility index (Phi) is 5.26. The summed E-state index contributed by atoms with van der Waals surface area (Å²) < 4.78 is 81.2. The number of fused-ring (bicyclic) bond motifs is 1. The van der Waals surface area contributed by atoms with Gasteiger partial charge in [0.2, 0.25) is 0 Å². The van der Waals surface area contributed by atoms with E-state index in [0.29, 0.717) is 24.0 Å². The van der Waals surface area contributed by atoms with Gasteiger partial charge < -0.3 is 0 Å². The van der Waals surface area contributed by atoms with Gasteiger partial charge in [0, 0.05) is 15.1 Å². The summed E-state index contributed by atoms with van der Waals surface area (Å²) in [5.41, 5.74) is 0.905. The van der Waals surface area contributed by atoms with Crippen molar-refractivity contribution < 1.29 is 21.7 Å². The number of benzene rings is 3. The Morgan fingerprint density at radius 2 is 1.77 bits per heavy atom. The van der Waals surface area contributed by atoms with Crippen molar-refractivity contribution in [3.05, 3.63) is 82.4 Å². The van der Waals surface area contributed by atoms with Gasteiger partial charge in [-0.1, -0.05) is 43.7 Å². The second-order valence-corrected chi connectivity index (χ2v) is 7.92. The Hall–Kier alpha value is -2.80. The predicted octanol–water partition coefficient (Wildman–Crippen LogP) is 7.87. The smallest absolute Gasteiger partial charge is 0.195 e. The van der Waals surface area contributed by atoms with E-state index in [9.17, 15) is 17.6 Å². The van der Waals surface area contributed by atoms with Crippen LogP contribution < -0.4 is 0 Å². The molecule has 0 spiro atoms. The van der Waals surface area contributed by atoms with Crippen LogP contribution in [0.4, 0.5) is 17.6 Å². The van der Waals surface area contributed by atoms with Crippen molar-refractivity contribution in [1.82, 2.24) is 0 Å². The summed E-state index contributed by atoms with van der Waals surface area (Å²) in [6.07, 6.45) is 0.524. The van der Waals surface area contributed by atoms with Crippen LogP contribution in [0.3, 0.4) is 0 Å². The first-order chi connectivity index (χ1) is 16.1. The second-order valence-electron chi connectivity index (χ2n) is 7.92. The molecule has 0 aromatic heterocycles. The molecule has 0 aliphatic heterocycles. The predicted molar refractivity (Wildman–Crippen MR) is 116 cm³/mol. The average molecular weight is 427 g/mol. The lowest BCUT2D eigenvalue weighted by molar-refractivity contribution is 0.308. The zero-order valence-corrected chi connectivity index (χ0v) is 17.1. The summed E-state index contributed by atoms with van der Waals surface area (Å²) in [5, 5.41) is 0.0641. The molecule has 1 aliphatic carbocycles. The summed E-state index contributed by atoms with van der Waals surface area (Å²) in [7, 11) is 0. The molecule has 3 unspecified atom stereocenters. The molecule has 0 N–H and O–H groups in total.